The van der Waals surface area contributed by atoms with E-state index in [-0.39, 0.29) is 6.61 Å². The van der Waals surface area contributed by atoms with Crippen molar-refractivity contribution < 1.29 is 9.84 Å². The van der Waals surface area contributed by atoms with Crippen LogP contribution in [0.2, 0.25) is 0 Å². The van der Waals surface area contributed by atoms with Crippen molar-refractivity contribution in [3.8, 4) is 5.75 Å². The van der Waals surface area contributed by atoms with Gasteiger partial charge in [0.15, 0.2) is 0 Å². The van der Waals surface area contributed by atoms with E-state index in [2.05, 4.69) is 20.9 Å². The molecule has 0 spiro atoms. The summed E-state index contributed by atoms with van der Waals surface area (Å²) >= 11 is 3.33. The van der Waals surface area contributed by atoms with Crippen molar-refractivity contribution in [3.63, 3.8) is 0 Å². The number of benzene rings is 1. The number of aliphatic hydroxyl groups is 1. The Hall–Kier alpha value is -1.39. The van der Waals surface area contributed by atoms with Crippen molar-refractivity contribution in [2.75, 3.05) is 0 Å². The number of hydrogen-bond acceptors (Lipinski definition) is 3. The van der Waals surface area contributed by atoms with E-state index in [4.69, 9.17) is 9.84 Å². The van der Waals surface area contributed by atoms with Crippen LogP contribution in [-0.4, -0.2) is 10.1 Å². The number of nitrogens with zero attached hydrogens (tertiary/aromatic N) is 1. The fraction of sp³-hybridized carbons (Fsp3) is 0.154. The summed E-state index contributed by atoms with van der Waals surface area (Å²) in [6.07, 6.45) is 1.73. The lowest BCUT2D eigenvalue weighted by Crippen LogP contribution is -2.00. The molecule has 88 valence electrons. The van der Waals surface area contributed by atoms with Gasteiger partial charge in [-0.1, -0.05) is 18.2 Å². The second kappa shape index (κ2) is 5.80. The van der Waals surface area contributed by atoms with Crippen LogP contribution in [-0.2, 0) is 13.2 Å². The number of para-hydroxylation sites is 1. The fourth-order valence-corrected chi connectivity index (χ4v) is 1.65. The van der Waals surface area contributed by atoms with Crippen LogP contribution in [0.5, 0.6) is 5.75 Å². The lowest BCUT2D eigenvalue weighted by Gasteiger charge is -2.09. The second-order valence-corrected chi connectivity index (χ2v) is 4.44. The maximum absolute atomic E-state index is 9.15. The van der Waals surface area contributed by atoms with Crippen molar-refractivity contribution >= 4 is 15.9 Å². The Morgan fingerprint density at radius 2 is 2.00 bits per heavy atom. The molecular weight excluding hydrogens is 282 g/mol. The van der Waals surface area contributed by atoms with Crippen molar-refractivity contribution in [1.82, 2.24) is 4.98 Å². The van der Waals surface area contributed by atoms with Gasteiger partial charge in [0.1, 0.15) is 12.4 Å². The van der Waals surface area contributed by atoms with Crippen LogP contribution in [0.15, 0.2) is 47.1 Å². The number of rotatable bonds is 4. The second-order valence-electron chi connectivity index (χ2n) is 3.52. The van der Waals surface area contributed by atoms with Gasteiger partial charge >= 0.3 is 0 Å². The molecule has 3 nitrogen and oxygen atoms in total. The molecule has 0 fully saturated rings. The summed E-state index contributed by atoms with van der Waals surface area (Å²) in [5.74, 6) is 0.694. The first-order valence-corrected chi connectivity index (χ1v) is 6.01. The Bertz CT molecular complexity index is 485. The number of ether oxygens (including phenoxy) is 1. The zero-order chi connectivity index (χ0) is 12.1. The largest absolute Gasteiger partial charge is 0.487 e. The summed E-state index contributed by atoms with van der Waals surface area (Å²) in [4.78, 5) is 4.21. The number of halogens is 1. The Kier molecular flexibility index (Phi) is 4.12. The quantitative estimate of drug-likeness (QED) is 0.942. The highest BCUT2D eigenvalue weighted by Crippen LogP contribution is 2.19. The zero-order valence-electron chi connectivity index (χ0n) is 9.14. The Morgan fingerprint density at radius 3 is 2.71 bits per heavy atom. The van der Waals surface area contributed by atoms with Gasteiger partial charge in [0.2, 0.25) is 0 Å². The van der Waals surface area contributed by atoms with Gasteiger partial charge in [0.25, 0.3) is 0 Å². The van der Waals surface area contributed by atoms with Crippen LogP contribution in [0.1, 0.15) is 11.3 Å². The van der Waals surface area contributed by atoms with E-state index in [0.29, 0.717) is 12.4 Å². The van der Waals surface area contributed by atoms with Gasteiger partial charge in [0.05, 0.1) is 12.3 Å². The standard InChI is InChI=1S/C13H12BrNO2/c14-11-5-6-12(15-7-11)9-17-13-4-2-1-3-10(13)8-16/h1-7,16H,8-9H2. The van der Waals surface area contributed by atoms with Crippen molar-refractivity contribution in [3.05, 3.63) is 58.3 Å². The van der Waals surface area contributed by atoms with E-state index in [1.165, 1.54) is 0 Å². The summed E-state index contributed by atoms with van der Waals surface area (Å²) in [6.45, 7) is 0.369. The minimum Gasteiger partial charge on any atom is -0.487 e. The first-order chi connectivity index (χ1) is 8.29. The highest BCUT2D eigenvalue weighted by molar-refractivity contribution is 9.10. The molecule has 0 amide bonds. The SMILES string of the molecule is OCc1ccccc1OCc1ccc(Br)cn1. The minimum absolute atomic E-state index is 0.0239. The lowest BCUT2D eigenvalue weighted by atomic mass is 10.2. The van der Waals surface area contributed by atoms with E-state index in [1.54, 1.807) is 6.20 Å². The third-order valence-corrected chi connectivity index (χ3v) is 2.78. The molecule has 0 saturated heterocycles. The van der Waals surface area contributed by atoms with Crippen LogP contribution in [0, 0.1) is 0 Å². The molecule has 1 aromatic heterocycles. The van der Waals surface area contributed by atoms with Gasteiger partial charge in [-0.2, -0.15) is 0 Å². The van der Waals surface area contributed by atoms with Crippen LogP contribution in [0.3, 0.4) is 0 Å². The van der Waals surface area contributed by atoms with Gasteiger partial charge in [-0.25, -0.2) is 0 Å². The predicted octanol–water partition coefficient (Wildman–Crippen LogP) is 2.92. The number of pyridine rings is 1. The molecule has 0 radical (unpaired) electrons. The first-order valence-electron chi connectivity index (χ1n) is 5.21. The van der Waals surface area contributed by atoms with E-state index in [0.717, 1.165) is 15.7 Å². The van der Waals surface area contributed by atoms with Gasteiger partial charge in [-0.3, -0.25) is 4.98 Å². The molecule has 0 atom stereocenters. The fourth-order valence-electron chi connectivity index (χ4n) is 1.42. The number of aromatic nitrogens is 1. The number of aliphatic hydroxyl groups excluding tert-OH is 1. The average molecular weight is 294 g/mol. The normalized spacial score (nSPS) is 10.2. The van der Waals surface area contributed by atoms with E-state index >= 15 is 0 Å². The van der Waals surface area contributed by atoms with Crippen LogP contribution >= 0.6 is 15.9 Å². The van der Waals surface area contributed by atoms with Crippen molar-refractivity contribution in [1.29, 1.82) is 0 Å². The van der Waals surface area contributed by atoms with Gasteiger partial charge in [0, 0.05) is 16.2 Å². The Morgan fingerprint density at radius 1 is 1.18 bits per heavy atom. The van der Waals surface area contributed by atoms with Crippen LogP contribution in [0.4, 0.5) is 0 Å². The van der Waals surface area contributed by atoms with E-state index in [9.17, 15) is 0 Å². The van der Waals surface area contributed by atoms with Gasteiger partial charge in [-0.15, -0.1) is 0 Å². The molecule has 2 rings (SSSR count). The molecule has 0 aliphatic heterocycles. The van der Waals surface area contributed by atoms with E-state index < -0.39 is 0 Å². The highest BCUT2D eigenvalue weighted by Gasteiger charge is 2.02. The van der Waals surface area contributed by atoms with Crippen LogP contribution < -0.4 is 4.74 Å². The summed E-state index contributed by atoms with van der Waals surface area (Å²) in [5, 5.41) is 9.15. The monoisotopic (exact) mass is 293 g/mol. The maximum Gasteiger partial charge on any atom is 0.130 e. The predicted molar refractivity (Wildman–Crippen MR) is 68.6 cm³/mol. The summed E-state index contributed by atoms with van der Waals surface area (Å²) in [6, 6.07) is 11.2. The smallest absolute Gasteiger partial charge is 0.130 e. The lowest BCUT2D eigenvalue weighted by molar-refractivity contribution is 0.257. The van der Waals surface area contributed by atoms with E-state index in [1.807, 2.05) is 36.4 Å². The molecule has 2 aromatic rings. The molecule has 0 saturated carbocycles. The summed E-state index contributed by atoms with van der Waals surface area (Å²) < 4.78 is 6.56. The topological polar surface area (TPSA) is 42.4 Å². The molecule has 0 bridgehead atoms. The van der Waals surface area contributed by atoms with Crippen LogP contribution in [0.25, 0.3) is 0 Å². The molecule has 0 aliphatic rings. The molecule has 1 heterocycles. The molecular formula is C13H12BrNO2. The molecule has 4 heteroatoms. The Labute approximate surface area is 108 Å². The van der Waals surface area contributed by atoms with Gasteiger partial charge in [-0.05, 0) is 34.1 Å². The summed E-state index contributed by atoms with van der Waals surface area (Å²) in [5.41, 5.74) is 1.63. The molecule has 0 aliphatic carbocycles. The highest BCUT2D eigenvalue weighted by atomic mass is 79.9. The Balaban J connectivity index is 2.04. The third-order valence-electron chi connectivity index (χ3n) is 2.31. The molecule has 0 unspecified atom stereocenters. The van der Waals surface area contributed by atoms with Gasteiger partial charge < -0.3 is 9.84 Å². The molecule has 1 aromatic carbocycles. The average Bonchev–Trinajstić information content (AvgIpc) is 2.38. The van der Waals surface area contributed by atoms with Crippen molar-refractivity contribution in [2.45, 2.75) is 13.2 Å². The maximum atomic E-state index is 9.15. The minimum atomic E-state index is -0.0239. The molecule has 17 heavy (non-hydrogen) atoms. The number of hydrogen-bond donors (Lipinski definition) is 1. The summed E-state index contributed by atoms with van der Waals surface area (Å²) in [7, 11) is 0. The zero-order valence-corrected chi connectivity index (χ0v) is 10.7. The third kappa shape index (κ3) is 3.28. The first kappa shape index (κ1) is 12.1. The molecule has 1 N–H and O–H groups in total. The van der Waals surface area contributed by atoms with Crippen molar-refractivity contribution in [2.24, 2.45) is 0 Å².